The number of hydrogen-bond donors (Lipinski definition) is 0. The van der Waals surface area contributed by atoms with Crippen LogP contribution in [0.4, 0.5) is 8.78 Å². The maximum absolute atomic E-state index is 13.1. The molecule has 0 atom stereocenters. The summed E-state index contributed by atoms with van der Waals surface area (Å²) < 4.78 is 63.8. The van der Waals surface area contributed by atoms with Gasteiger partial charge in [0.05, 0.1) is 11.5 Å². The molecule has 2 aromatic rings. The fraction of sp³-hybridized carbons (Fsp3) is 0.200. The summed E-state index contributed by atoms with van der Waals surface area (Å²) in [5.41, 5.74) is 0.378. The molecule has 23 heavy (non-hydrogen) atoms. The second-order valence-corrected chi connectivity index (χ2v) is 6.37. The third-order valence-electron chi connectivity index (χ3n) is 3.15. The summed E-state index contributed by atoms with van der Waals surface area (Å²) >= 11 is 0. The van der Waals surface area contributed by atoms with Crippen LogP contribution in [0.3, 0.4) is 0 Å². The Bertz CT molecular complexity index is 806. The Morgan fingerprint density at radius 1 is 1.00 bits per heavy atom. The highest BCUT2D eigenvalue weighted by Crippen LogP contribution is 2.43. The smallest absolute Gasteiger partial charge is 0.395 e. The fourth-order valence-corrected chi connectivity index (χ4v) is 3.07. The highest BCUT2D eigenvalue weighted by atomic mass is 32.2. The Kier molecular flexibility index (Phi) is 3.95. The van der Waals surface area contributed by atoms with E-state index in [1.807, 2.05) is 0 Å². The largest absolute Gasteiger partial charge is 0.586 e. The normalized spacial score (nSPS) is 15.6. The third-order valence-corrected chi connectivity index (χ3v) is 4.48. The lowest BCUT2D eigenvalue weighted by Crippen LogP contribution is -2.26. The van der Waals surface area contributed by atoms with Gasteiger partial charge in [0.15, 0.2) is 11.5 Å². The average molecular weight is 342 g/mol. The molecule has 3 rings (SSSR count). The lowest BCUT2D eigenvalue weighted by molar-refractivity contribution is -0.286. The van der Waals surface area contributed by atoms with Crippen molar-refractivity contribution in [2.24, 2.45) is 0 Å². The zero-order chi connectivity index (χ0) is 16.5. The van der Waals surface area contributed by atoms with Gasteiger partial charge in [-0.15, -0.1) is 8.78 Å². The van der Waals surface area contributed by atoms with Crippen LogP contribution in [0.2, 0.25) is 0 Å². The van der Waals surface area contributed by atoms with Crippen molar-refractivity contribution < 1.29 is 30.9 Å². The van der Waals surface area contributed by atoms with Crippen LogP contribution in [0.5, 0.6) is 11.5 Å². The van der Waals surface area contributed by atoms with Crippen LogP contribution in [0.1, 0.15) is 5.56 Å². The van der Waals surface area contributed by atoms with Crippen LogP contribution in [-0.4, -0.2) is 21.3 Å². The van der Waals surface area contributed by atoms with Gasteiger partial charge in [-0.1, -0.05) is 30.3 Å². The zero-order valence-corrected chi connectivity index (χ0v) is 12.6. The number of benzene rings is 2. The Balaban J connectivity index is 1.68. The van der Waals surface area contributed by atoms with Crippen LogP contribution in [-0.2, 0) is 20.7 Å². The molecule has 0 aromatic heterocycles. The summed E-state index contributed by atoms with van der Waals surface area (Å²) in [7, 11) is -3.89. The van der Waals surface area contributed by atoms with Gasteiger partial charge in [-0.05, 0) is 18.2 Å². The molecule has 0 saturated heterocycles. The molecular formula is C15H12F2O5S. The summed E-state index contributed by atoms with van der Waals surface area (Å²) in [6.07, 6.45) is -3.63. The molecule has 8 heteroatoms. The molecule has 0 saturated carbocycles. The number of hydrogen-bond acceptors (Lipinski definition) is 5. The first-order valence-corrected chi connectivity index (χ1v) is 8.10. The number of ether oxygens (including phenoxy) is 2. The highest BCUT2D eigenvalue weighted by Gasteiger charge is 2.44. The standard InChI is InChI=1S/C15H12F2O5S/c16-15(17)21-13-8-4-5-11(14(13)22-15)9-10-20-23(18,19)12-6-2-1-3-7-12/h1-8H,9-10H2. The Morgan fingerprint density at radius 2 is 1.74 bits per heavy atom. The summed E-state index contributed by atoms with van der Waals surface area (Å²) in [4.78, 5) is 0.0319. The van der Waals surface area contributed by atoms with Crippen LogP contribution in [0, 0.1) is 0 Å². The van der Waals surface area contributed by atoms with Gasteiger partial charge < -0.3 is 9.47 Å². The van der Waals surface area contributed by atoms with E-state index in [-0.39, 0.29) is 29.4 Å². The maximum atomic E-state index is 13.1. The van der Waals surface area contributed by atoms with Crippen LogP contribution in [0.25, 0.3) is 0 Å². The molecule has 1 aliphatic rings. The van der Waals surface area contributed by atoms with E-state index in [2.05, 4.69) is 9.47 Å². The Hall–Kier alpha value is -2.19. The molecule has 122 valence electrons. The van der Waals surface area contributed by atoms with E-state index in [1.54, 1.807) is 24.3 Å². The van der Waals surface area contributed by atoms with E-state index < -0.39 is 16.4 Å². The monoisotopic (exact) mass is 342 g/mol. The van der Waals surface area contributed by atoms with Crippen LogP contribution < -0.4 is 9.47 Å². The zero-order valence-electron chi connectivity index (χ0n) is 11.7. The lowest BCUT2D eigenvalue weighted by Gasteiger charge is -2.08. The van der Waals surface area contributed by atoms with Crippen LogP contribution >= 0.6 is 0 Å². The predicted molar refractivity (Wildman–Crippen MR) is 75.9 cm³/mol. The lowest BCUT2D eigenvalue weighted by atomic mass is 10.1. The first-order valence-electron chi connectivity index (χ1n) is 6.70. The highest BCUT2D eigenvalue weighted by molar-refractivity contribution is 7.86. The maximum Gasteiger partial charge on any atom is 0.586 e. The van der Waals surface area contributed by atoms with Gasteiger partial charge in [-0.25, -0.2) is 0 Å². The minimum absolute atomic E-state index is 0.0319. The number of rotatable bonds is 5. The van der Waals surface area contributed by atoms with E-state index in [4.69, 9.17) is 4.18 Å². The summed E-state index contributed by atoms with van der Waals surface area (Å²) in [5, 5.41) is 0. The molecule has 0 radical (unpaired) electrons. The summed E-state index contributed by atoms with van der Waals surface area (Å²) in [6, 6.07) is 12.1. The van der Waals surface area contributed by atoms with Gasteiger partial charge in [0, 0.05) is 12.0 Å². The second-order valence-electron chi connectivity index (χ2n) is 4.75. The number of fused-ring (bicyclic) bond motifs is 1. The molecule has 2 aromatic carbocycles. The topological polar surface area (TPSA) is 61.8 Å². The molecule has 1 heterocycles. The molecule has 0 N–H and O–H groups in total. The SMILES string of the molecule is O=S(=O)(OCCc1cccc2c1OC(F)(F)O2)c1ccccc1. The quantitative estimate of drug-likeness (QED) is 0.782. The minimum atomic E-state index is -3.89. The first kappa shape index (κ1) is 15.7. The van der Waals surface area contributed by atoms with Crippen molar-refractivity contribution in [3.05, 3.63) is 54.1 Å². The van der Waals surface area contributed by atoms with Crippen molar-refractivity contribution in [1.29, 1.82) is 0 Å². The fourth-order valence-electron chi connectivity index (χ4n) is 2.14. The molecule has 0 fully saturated rings. The number of alkyl halides is 2. The second kappa shape index (κ2) is 5.78. The van der Waals surface area contributed by atoms with E-state index in [9.17, 15) is 17.2 Å². The van der Waals surface area contributed by atoms with Gasteiger partial charge in [0.1, 0.15) is 0 Å². The first-order chi connectivity index (χ1) is 10.9. The molecule has 0 spiro atoms. The van der Waals surface area contributed by atoms with E-state index in [0.29, 0.717) is 5.56 Å². The number of halogens is 2. The van der Waals surface area contributed by atoms with Crippen molar-refractivity contribution in [2.45, 2.75) is 17.6 Å². The van der Waals surface area contributed by atoms with Gasteiger partial charge in [0.2, 0.25) is 0 Å². The number of para-hydroxylation sites is 1. The summed E-state index contributed by atoms with van der Waals surface area (Å²) in [5.74, 6) is -0.184. The Labute approximate surface area is 131 Å². The van der Waals surface area contributed by atoms with Crippen molar-refractivity contribution in [1.82, 2.24) is 0 Å². The van der Waals surface area contributed by atoms with Crippen molar-refractivity contribution in [3.63, 3.8) is 0 Å². The van der Waals surface area contributed by atoms with Crippen molar-refractivity contribution in [2.75, 3.05) is 6.61 Å². The van der Waals surface area contributed by atoms with Gasteiger partial charge in [-0.3, -0.25) is 4.18 Å². The molecule has 0 aliphatic carbocycles. The van der Waals surface area contributed by atoms with E-state index in [0.717, 1.165) is 0 Å². The van der Waals surface area contributed by atoms with Crippen molar-refractivity contribution >= 4 is 10.1 Å². The van der Waals surface area contributed by atoms with Gasteiger partial charge in [0.25, 0.3) is 10.1 Å². The Morgan fingerprint density at radius 3 is 2.48 bits per heavy atom. The third kappa shape index (κ3) is 3.43. The minimum Gasteiger partial charge on any atom is -0.395 e. The van der Waals surface area contributed by atoms with E-state index in [1.165, 1.54) is 24.3 Å². The predicted octanol–water partition coefficient (Wildman–Crippen LogP) is 2.96. The van der Waals surface area contributed by atoms with Gasteiger partial charge >= 0.3 is 6.29 Å². The molecule has 1 aliphatic heterocycles. The molecule has 0 unspecified atom stereocenters. The molecule has 5 nitrogen and oxygen atoms in total. The molecule has 0 amide bonds. The average Bonchev–Trinajstić information content (AvgIpc) is 2.83. The molecular weight excluding hydrogens is 330 g/mol. The van der Waals surface area contributed by atoms with Gasteiger partial charge in [-0.2, -0.15) is 8.42 Å². The van der Waals surface area contributed by atoms with Crippen molar-refractivity contribution in [3.8, 4) is 11.5 Å². The molecule has 0 bridgehead atoms. The van der Waals surface area contributed by atoms with Crippen LogP contribution in [0.15, 0.2) is 53.4 Å². The van der Waals surface area contributed by atoms with E-state index >= 15 is 0 Å². The summed E-state index contributed by atoms with van der Waals surface area (Å²) in [6.45, 7) is -0.206.